The highest BCUT2D eigenvalue weighted by atomic mass is 32.2. The van der Waals surface area contributed by atoms with Gasteiger partial charge in [-0.15, -0.1) is 0 Å². The Balaban J connectivity index is 1.21. The van der Waals surface area contributed by atoms with Gasteiger partial charge in [-0.25, -0.2) is 9.97 Å². The zero-order valence-corrected chi connectivity index (χ0v) is 27.8. The lowest BCUT2D eigenvalue weighted by molar-refractivity contribution is 0.723. The maximum atomic E-state index is 5.30. The van der Waals surface area contributed by atoms with Gasteiger partial charge in [-0.05, 0) is 57.6 Å². The molecule has 1 aliphatic heterocycles. The largest absolute Gasteiger partial charge is 0.256 e. The molecule has 0 bridgehead atoms. The van der Waals surface area contributed by atoms with Crippen molar-refractivity contribution in [2.24, 2.45) is 0 Å². The van der Waals surface area contributed by atoms with E-state index >= 15 is 0 Å². The van der Waals surface area contributed by atoms with E-state index in [2.05, 4.69) is 138 Å². The van der Waals surface area contributed by atoms with E-state index in [4.69, 9.17) is 9.97 Å². The number of rotatable bonds is 4. The summed E-state index contributed by atoms with van der Waals surface area (Å²) in [6.07, 6.45) is 1.83. The normalized spacial score (nSPS) is 13.3. The number of nitrogens with zero attached hydrogens (tertiary/aromatic N) is 3. The smallest absolute Gasteiger partial charge is 0.160 e. The second kappa shape index (κ2) is 11.5. The molecule has 3 heterocycles. The Kier molecular flexibility index (Phi) is 6.64. The molecule has 0 unspecified atom stereocenters. The average Bonchev–Trinajstić information content (AvgIpc) is 3.49. The van der Waals surface area contributed by atoms with Crippen LogP contribution in [-0.4, -0.2) is 15.0 Å². The average molecular weight is 656 g/mol. The van der Waals surface area contributed by atoms with Gasteiger partial charge >= 0.3 is 0 Å². The van der Waals surface area contributed by atoms with E-state index in [1.165, 1.54) is 43.2 Å². The Morgan fingerprint density at radius 3 is 1.70 bits per heavy atom. The summed E-state index contributed by atoms with van der Waals surface area (Å²) in [7, 11) is 0. The van der Waals surface area contributed by atoms with Crippen LogP contribution in [0.5, 0.6) is 0 Å². The molecule has 1 spiro atoms. The fourth-order valence-electron chi connectivity index (χ4n) is 7.87. The summed E-state index contributed by atoms with van der Waals surface area (Å²) in [6.45, 7) is 0. The number of fused-ring (bicyclic) bond motifs is 9. The van der Waals surface area contributed by atoms with Gasteiger partial charge in [-0.1, -0.05) is 157 Å². The van der Waals surface area contributed by atoms with Crippen molar-refractivity contribution in [1.29, 1.82) is 0 Å². The van der Waals surface area contributed by atoms with Crippen LogP contribution in [0.1, 0.15) is 22.3 Å². The molecular formula is C46H29N3S. The number of hydrogen-bond acceptors (Lipinski definition) is 4. The summed E-state index contributed by atoms with van der Waals surface area (Å²) >= 11 is 1.85. The highest BCUT2D eigenvalue weighted by Crippen LogP contribution is 2.63. The second-order valence-corrected chi connectivity index (χ2v) is 13.8. The van der Waals surface area contributed by atoms with Crippen molar-refractivity contribution in [3.05, 3.63) is 198 Å². The lowest BCUT2D eigenvalue weighted by atomic mass is 9.67. The molecule has 10 rings (SSSR count). The summed E-state index contributed by atoms with van der Waals surface area (Å²) in [4.78, 5) is 17.5. The first-order chi connectivity index (χ1) is 24.8. The van der Waals surface area contributed by atoms with Crippen LogP contribution in [0.25, 0.3) is 56.3 Å². The minimum atomic E-state index is -0.445. The molecule has 0 radical (unpaired) electrons. The highest BCUT2D eigenvalue weighted by molar-refractivity contribution is 7.99. The van der Waals surface area contributed by atoms with Crippen LogP contribution in [0.4, 0.5) is 0 Å². The van der Waals surface area contributed by atoms with Gasteiger partial charge in [-0.3, -0.25) is 4.98 Å². The number of aromatic nitrogens is 3. The van der Waals surface area contributed by atoms with E-state index in [0.29, 0.717) is 5.82 Å². The summed E-state index contributed by atoms with van der Waals surface area (Å²) in [5.74, 6) is 0.706. The molecule has 0 N–H and O–H groups in total. The van der Waals surface area contributed by atoms with E-state index in [9.17, 15) is 0 Å². The van der Waals surface area contributed by atoms with Crippen LogP contribution >= 0.6 is 11.8 Å². The van der Waals surface area contributed by atoms with Crippen molar-refractivity contribution in [2.45, 2.75) is 15.2 Å². The number of hydrogen-bond donors (Lipinski definition) is 0. The summed E-state index contributed by atoms with van der Waals surface area (Å²) in [5, 5.41) is 0. The van der Waals surface area contributed by atoms with Crippen LogP contribution in [0.2, 0.25) is 0 Å². The van der Waals surface area contributed by atoms with Crippen LogP contribution in [0.15, 0.2) is 186 Å². The highest BCUT2D eigenvalue weighted by Gasteiger charge is 2.50. The number of pyridine rings is 1. The molecule has 2 aromatic heterocycles. The van der Waals surface area contributed by atoms with Crippen molar-refractivity contribution in [3.63, 3.8) is 0 Å². The van der Waals surface area contributed by atoms with Crippen LogP contribution in [-0.2, 0) is 5.41 Å². The van der Waals surface area contributed by atoms with E-state index < -0.39 is 5.41 Å². The summed E-state index contributed by atoms with van der Waals surface area (Å²) in [5.41, 5.74) is 14.3. The third kappa shape index (κ3) is 4.35. The predicted molar refractivity (Wildman–Crippen MR) is 203 cm³/mol. The van der Waals surface area contributed by atoms with E-state index in [0.717, 1.165) is 39.3 Å². The Hall–Kier alpha value is -6.10. The van der Waals surface area contributed by atoms with Gasteiger partial charge in [0, 0.05) is 38.2 Å². The first kappa shape index (κ1) is 28.9. The molecule has 0 fully saturated rings. The SMILES string of the molecule is c1ccc(-c2nc(-c3ccc(-c4ccccn4)cc3)cc(-c3cccc4c3Sc3ccccc3C43c4ccccc4-c4ccccc43)n2)cc1. The molecule has 0 saturated heterocycles. The number of benzene rings is 6. The second-order valence-electron chi connectivity index (χ2n) is 12.7. The van der Waals surface area contributed by atoms with Crippen molar-refractivity contribution in [3.8, 4) is 56.3 Å². The van der Waals surface area contributed by atoms with Gasteiger partial charge in [-0.2, -0.15) is 0 Å². The van der Waals surface area contributed by atoms with Crippen LogP contribution < -0.4 is 0 Å². The van der Waals surface area contributed by atoms with E-state index in [1.54, 1.807) is 0 Å². The fraction of sp³-hybridized carbons (Fsp3) is 0.0217. The minimum Gasteiger partial charge on any atom is -0.256 e. The van der Waals surface area contributed by atoms with Crippen molar-refractivity contribution in [2.75, 3.05) is 0 Å². The maximum Gasteiger partial charge on any atom is 0.160 e. The fourth-order valence-corrected chi connectivity index (χ4v) is 9.19. The maximum absolute atomic E-state index is 5.30. The lowest BCUT2D eigenvalue weighted by Gasteiger charge is -2.40. The zero-order valence-electron chi connectivity index (χ0n) is 27.0. The quantitative estimate of drug-likeness (QED) is 0.189. The first-order valence-corrected chi connectivity index (χ1v) is 17.7. The molecule has 0 saturated carbocycles. The van der Waals surface area contributed by atoms with Crippen molar-refractivity contribution < 1.29 is 0 Å². The van der Waals surface area contributed by atoms with Gasteiger partial charge < -0.3 is 0 Å². The van der Waals surface area contributed by atoms with Gasteiger partial charge in [0.1, 0.15) is 0 Å². The molecule has 1 aliphatic carbocycles. The molecule has 50 heavy (non-hydrogen) atoms. The molecular weight excluding hydrogens is 627 g/mol. The monoisotopic (exact) mass is 655 g/mol. The third-order valence-corrected chi connectivity index (χ3v) is 11.3. The molecule has 0 atom stereocenters. The van der Waals surface area contributed by atoms with Crippen molar-refractivity contribution >= 4 is 11.8 Å². The Morgan fingerprint density at radius 1 is 0.400 bits per heavy atom. The van der Waals surface area contributed by atoms with Gasteiger partial charge in [0.15, 0.2) is 5.82 Å². The Labute approximate surface area is 295 Å². The van der Waals surface area contributed by atoms with E-state index in [-0.39, 0.29) is 0 Å². The molecule has 234 valence electrons. The van der Waals surface area contributed by atoms with Crippen molar-refractivity contribution in [1.82, 2.24) is 15.0 Å². The Morgan fingerprint density at radius 2 is 0.980 bits per heavy atom. The molecule has 6 aromatic carbocycles. The molecule has 0 amide bonds. The standard InChI is InChI=1S/C46H29N3S/c1-2-13-32(14-3-1)45-48-41(31-26-24-30(25-27-31)40-22-10-11-28-47-40)29-42(49-45)35-17-12-21-39-44(35)50-43-23-9-8-20-38(43)46(39)36-18-6-4-15-33(36)34-16-5-7-19-37(34)46/h1-29H. The first-order valence-electron chi connectivity index (χ1n) is 16.9. The van der Waals surface area contributed by atoms with Gasteiger partial charge in [0.05, 0.1) is 22.5 Å². The topological polar surface area (TPSA) is 38.7 Å². The van der Waals surface area contributed by atoms with E-state index in [1.807, 2.05) is 54.4 Å². The minimum absolute atomic E-state index is 0.445. The molecule has 4 heteroatoms. The lowest BCUT2D eigenvalue weighted by Crippen LogP contribution is -2.32. The molecule has 2 aliphatic rings. The summed E-state index contributed by atoms with van der Waals surface area (Å²) in [6, 6.07) is 60.5. The summed E-state index contributed by atoms with van der Waals surface area (Å²) < 4.78 is 0. The predicted octanol–water partition coefficient (Wildman–Crippen LogP) is 11.4. The third-order valence-electron chi connectivity index (χ3n) is 10.0. The molecule has 8 aromatic rings. The van der Waals surface area contributed by atoms with Gasteiger partial charge in [0.25, 0.3) is 0 Å². The Bertz CT molecular complexity index is 2520. The zero-order chi connectivity index (χ0) is 33.1. The van der Waals surface area contributed by atoms with Crippen LogP contribution in [0.3, 0.4) is 0 Å². The van der Waals surface area contributed by atoms with Gasteiger partial charge in [0.2, 0.25) is 0 Å². The molecule has 3 nitrogen and oxygen atoms in total. The van der Waals surface area contributed by atoms with Crippen LogP contribution in [0, 0.1) is 0 Å².